The van der Waals surface area contributed by atoms with Crippen molar-refractivity contribution < 1.29 is 4.74 Å². The van der Waals surface area contributed by atoms with Crippen LogP contribution in [0.15, 0.2) is 54.6 Å². The summed E-state index contributed by atoms with van der Waals surface area (Å²) in [7, 11) is 0. The molecule has 1 unspecified atom stereocenters. The molecule has 92 valence electrons. The molecule has 0 heterocycles. The van der Waals surface area contributed by atoms with Crippen molar-refractivity contribution in [2.45, 2.75) is 19.4 Å². The zero-order valence-corrected chi connectivity index (χ0v) is 10.4. The van der Waals surface area contributed by atoms with Gasteiger partial charge in [-0.3, -0.25) is 0 Å². The first-order valence-electron chi connectivity index (χ1n) is 6.22. The van der Waals surface area contributed by atoms with E-state index in [0.717, 1.165) is 12.8 Å². The highest BCUT2D eigenvalue weighted by molar-refractivity contribution is 5.23. The van der Waals surface area contributed by atoms with Gasteiger partial charge in [0.25, 0.3) is 0 Å². The minimum absolute atomic E-state index is 0.370. The molecule has 0 spiro atoms. The highest BCUT2D eigenvalue weighted by atomic mass is 16.5. The van der Waals surface area contributed by atoms with Gasteiger partial charge in [0.2, 0.25) is 0 Å². The molecule has 18 heavy (non-hydrogen) atoms. The number of hydrogen-bond acceptors (Lipinski definition) is 2. The summed E-state index contributed by atoms with van der Waals surface area (Å²) in [6.07, 6.45) is 9.50. The van der Waals surface area contributed by atoms with Crippen molar-refractivity contribution in [1.29, 1.82) is 5.26 Å². The molecule has 0 aliphatic heterocycles. The zero-order chi connectivity index (χ0) is 12.7. The van der Waals surface area contributed by atoms with Gasteiger partial charge >= 0.3 is 0 Å². The first-order chi connectivity index (χ1) is 8.85. The Labute approximate surface area is 108 Å². The van der Waals surface area contributed by atoms with E-state index in [0.29, 0.717) is 13.2 Å². The Bertz CT molecular complexity index is 470. The van der Waals surface area contributed by atoms with Gasteiger partial charge in [-0.15, -0.1) is 0 Å². The van der Waals surface area contributed by atoms with Crippen LogP contribution >= 0.6 is 0 Å². The second kappa shape index (κ2) is 6.18. The van der Waals surface area contributed by atoms with E-state index in [2.05, 4.69) is 6.07 Å². The van der Waals surface area contributed by atoms with Gasteiger partial charge in [-0.05, 0) is 18.4 Å². The first kappa shape index (κ1) is 12.6. The number of nitriles is 1. The lowest BCUT2D eigenvalue weighted by Gasteiger charge is -2.22. The molecule has 0 aromatic heterocycles. The Hall–Kier alpha value is -1.85. The molecular weight excluding hydrogens is 222 g/mol. The summed E-state index contributed by atoms with van der Waals surface area (Å²) in [4.78, 5) is 0. The van der Waals surface area contributed by atoms with Crippen LogP contribution in [0.1, 0.15) is 18.4 Å². The highest BCUT2D eigenvalue weighted by Crippen LogP contribution is 2.30. The minimum Gasteiger partial charge on any atom is -0.377 e. The Morgan fingerprint density at radius 3 is 2.72 bits per heavy atom. The van der Waals surface area contributed by atoms with Crippen LogP contribution < -0.4 is 0 Å². The van der Waals surface area contributed by atoms with Gasteiger partial charge in [-0.1, -0.05) is 54.6 Å². The van der Waals surface area contributed by atoms with Crippen molar-refractivity contribution >= 4 is 0 Å². The van der Waals surface area contributed by atoms with Crippen molar-refractivity contribution in [2.75, 3.05) is 6.61 Å². The maximum absolute atomic E-state index is 9.27. The van der Waals surface area contributed by atoms with Crippen LogP contribution in [0.3, 0.4) is 0 Å². The summed E-state index contributed by atoms with van der Waals surface area (Å²) in [6.45, 7) is 1.22. The maximum atomic E-state index is 9.27. The van der Waals surface area contributed by atoms with E-state index in [1.54, 1.807) is 0 Å². The molecule has 2 nitrogen and oxygen atoms in total. The van der Waals surface area contributed by atoms with E-state index < -0.39 is 0 Å². The second-order valence-electron chi connectivity index (χ2n) is 4.55. The quantitative estimate of drug-likeness (QED) is 0.735. The number of nitrogens with zero attached hydrogens (tertiary/aromatic N) is 1. The van der Waals surface area contributed by atoms with Crippen LogP contribution in [0, 0.1) is 16.7 Å². The summed E-state index contributed by atoms with van der Waals surface area (Å²) in [5.74, 6) is 0. The van der Waals surface area contributed by atoms with Crippen LogP contribution in [0.4, 0.5) is 0 Å². The van der Waals surface area contributed by atoms with E-state index in [-0.39, 0.29) is 5.41 Å². The largest absolute Gasteiger partial charge is 0.377 e. The van der Waals surface area contributed by atoms with Gasteiger partial charge in [-0.25, -0.2) is 0 Å². The minimum atomic E-state index is -0.370. The van der Waals surface area contributed by atoms with Gasteiger partial charge < -0.3 is 4.74 Å². The molecule has 2 heteroatoms. The van der Waals surface area contributed by atoms with Crippen molar-refractivity contribution in [3.63, 3.8) is 0 Å². The fourth-order valence-electron chi connectivity index (χ4n) is 2.01. The highest BCUT2D eigenvalue weighted by Gasteiger charge is 2.26. The lowest BCUT2D eigenvalue weighted by atomic mass is 9.80. The third-order valence-corrected chi connectivity index (χ3v) is 3.17. The number of hydrogen-bond donors (Lipinski definition) is 0. The molecule has 0 N–H and O–H groups in total. The summed E-state index contributed by atoms with van der Waals surface area (Å²) < 4.78 is 5.64. The molecule has 1 aliphatic carbocycles. The molecule has 0 fully saturated rings. The lowest BCUT2D eigenvalue weighted by molar-refractivity contribution is 0.104. The van der Waals surface area contributed by atoms with Crippen molar-refractivity contribution in [3.8, 4) is 6.07 Å². The van der Waals surface area contributed by atoms with Crippen molar-refractivity contribution in [1.82, 2.24) is 0 Å². The van der Waals surface area contributed by atoms with E-state index in [4.69, 9.17) is 4.74 Å². The number of rotatable bonds is 5. The third kappa shape index (κ3) is 3.32. The normalized spacial score (nSPS) is 21.7. The van der Waals surface area contributed by atoms with Crippen LogP contribution in [0.5, 0.6) is 0 Å². The van der Waals surface area contributed by atoms with Gasteiger partial charge in [0.15, 0.2) is 0 Å². The molecule has 0 saturated heterocycles. The number of allylic oxidation sites excluding steroid dienone is 4. The summed E-state index contributed by atoms with van der Waals surface area (Å²) in [5.41, 5.74) is 0.799. The average molecular weight is 239 g/mol. The van der Waals surface area contributed by atoms with E-state index >= 15 is 0 Å². The summed E-state index contributed by atoms with van der Waals surface area (Å²) in [5, 5.41) is 9.27. The Morgan fingerprint density at radius 1 is 1.22 bits per heavy atom. The molecule has 0 saturated carbocycles. The molecular formula is C16H17NO. The fourth-order valence-corrected chi connectivity index (χ4v) is 2.01. The fraction of sp³-hybridized carbons (Fsp3) is 0.312. The molecule has 1 atom stereocenters. The summed E-state index contributed by atoms with van der Waals surface area (Å²) in [6, 6.07) is 12.5. The zero-order valence-electron chi connectivity index (χ0n) is 10.4. The number of ether oxygens (including phenoxy) is 1. The topological polar surface area (TPSA) is 33.0 Å². The van der Waals surface area contributed by atoms with Crippen LogP contribution in [0.2, 0.25) is 0 Å². The molecule has 1 aliphatic rings. The molecule has 0 amide bonds. The first-order valence-corrected chi connectivity index (χ1v) is 6.22. The number of benzene rings is 1. The van der Waals surface area contributed by atoms with Crippen LogP contribution in [-0.4, -0.2) is 6.61 Å². The monoisotopic (exact) mass is 239 g/mol. The van der Waals surface area contributed by atoms with Gasteiger partial charge in [0.05, 0.1) is 18.1 Å². The van der Waals surface area contributed by atoms with Crippen LogP contribution in [-0.2, 0) is 11.3 Å². The Balaban J connectivity index is 1.77. The van der Waals surface area contributed by atoms with E-state index in [9.17, 15) is 5.26 Å². The summed E-state index contributed by atoms with van der Waals surface area (Å²) >= 11 is 0. The SMILES string of the molecule is N#CC1(CCOCc2ccccc2)C=CC=CC1. The second-order valence-corrected chi connectivity index (χ2v) is 4.55. The molecule has 0 bridgehead atoms. The standard InChI is InChI=1S/C16H17NO/c17-14-16(9-5-2-6-10-16)11-12-18-13-15-7-3-1-4-8-15/h1-9H,10-13H2. The van der Waals surface area contributed by atoms with Gasteiger partial charge in [0, 0.05) is 6.61 Å². The maximum Gasteiger partial charge on any atom is 0.0812 e. The van der Waals surface area contributed by atoms with Crippen molar-refractivity contribution in [3.05, 3.63) is 60.2 Å². The molecule has 0 radical (unpaired) electrons. The van der Waals surface area contributed by atoms with E-state index in [1.165, 1.54) is 5.56 Å². The predicted molar refractivity (Wildman–Crippen MR) is 71.7 cm³/mol. The van der Waals surface area contributed by atoms with E-state index in [1.807, 2.05) is 54.6 Å². The Morgan fingerprint density at radius 2 is 2.06 bits per heavy atom. The molecule has 2 rings (SSSR count). The third-order valence-electron chi connectivity index (χ3n) is 3.17. The van der Waals surface area contributed by atoms with Crippen molar-refractivity contribution in [2.24, 2.45) is 5.41 Å². The van der Waals surface area contributed by atoms with Gasteiger partial charge in [-0.2, -0.15) is 5.26 Å². The van der Waals surface area contributed by atoms with Gasteiger partial charge in [0.1, 0.15) is 0 Å². The molecule has 1 aromatic rings. The van der Waals surface area contributed by atoms with Crippen LogP contribution in [0.25, 0.3) is 0 Å². The Kier molecular flexibility index (Phi) is 4.33. The predicted octanol–water partition coefficient (Wildman–Crippen LogP) is 3.62. The lowest BCUT2D eigenvalue weighted by Crippen LogP contribution is -2.18. The molecule has 1 aromatic carbocycles. The smallest absolute Gasteiger partial charge is 0.0812 e. The average Bonchev–Trinajstić information content (AvgIpc) is 2.46.